The van der Waals surface area contributed by atoms with E-state index >= 15 is 0 Å². The van der Waals surface area contributed by atoms with Gasteiger partial charge in [-0.3, -0.25) is 4.79 Å². The number of carbonyl (C=O) groups excluding carboxylic acids is 1. The van der Waals surface area contributed by atoms with Crippen molar-refractivity contribution in [3.8, 4) is 11.1 Å². The average Bonchev–Trinajstić information content (AvgIpc) is 3.38. The van der Waals surface area contributed by atoms with Crippen LogP contribution in [0.25, 0.3) is 11.1 Å². The van der Waals surface area contributed by atoms with Gasteiger partial charge in [-0.1, -0.05) is 48.5 Å². The highest BCUT2D eigenvalue weighted by Crippen LogP contribution is 2.45. The Kier molecular flexibility index (Phi) is 4.77. The Labute approximate surface area is 180 Å². The number of carbonyl (C=O) groups is 2. The van der Waals surface area contributed by atoms with Crippen molar-refractivity contribution in [2.75, 3.05) is 25.4 Å². The van der Waals surface area contributed by atoms with E-state index in [0.29, 0.717) is 0 Å². The lowest BCUT2D eigenvalue weighted by molar-refractivity contribution is -0.138. The monoisotopic (exact) mass is 441 g/mol. The van der Waals surface area contributed by atoms with Crippen LogP contribution in [0.15, 0.2) is 48.5 Å². The number of aliphatic carboxylic acids is 1. The summed E-state index contributed by atoms with van der Waals surface area (Å²) < 4.78 is 30.6. The van der Waals surface area contributed by atoms with Crippen LogP contribution in [0.2, 0.25) is 0 Å². The van der Waals surface area contributed by atoms with Crippen molar-refractivity contribution in [1.82, 2.24) is 4.90 Å². The fourth-order valence-corrected chi connectivity index (χ4v) is 7.90. The molecule has 2 fully saturated rings. The molecule has 3 atom stereocenters. The average molecular weight is 442 g/mol. The van der Waals surface area contributed by atoms with Gasteiger partial charge in [-0.05, 0) is 34.1 Å². The number of fused-ring (bicyclic) bond motifs is 4. The van der Waals surface area contributed by atoms with Crippen molar-refractivity contribution in [3.05, 3.63) is 59.7 Å². The van der Waals surface area contributed by atoms with Crippen molar-refractivity contribution in [1.29, 1.82) is 0 Å². The summed E-state index contributed by atoms with van der Waals surface area (Å²) in [7, 11) is -3.41. The van der Waals surface area contributed by atoms with E-state index in [2.05, 4.69) is 12.1 Å². The molecule has 2 aromatic carbocycles. The lowest BCUT2D eigenvalue weighted by Crippen LogP contribution is -2.34. The number of benzene rings is 2. The van der Waals surface area contributed by atoms with Gasteiger partial charge in [0.25, 0.3) is 0 Å². The van der Waals surface area contributed by atoms with E-state index in [1.165, 1.54) is 4.90 Å². The molecule has 1 amide bonds. The molecule has 0 saturated carbocycles. The quantitative estimate of drug-likeness (QED) is 0.783. The molecular formula is C23H23NO6S. The van der Waals surface area contributed by atoms with Gasteiger partial charge < -0.3 is 14.7 Å². The summed E-state index contributed by atoms with van der Waals surface area (Å²) in [6.07, 6.45) is -0.737. The zero-order chi connectivity index (χ0) is 21.8. The largest absolute Gasteiger partial charge is 0.481 e. The molecule has 31 heavy (non-hydrogen) atoms. The number of hydrogen-bond acceptors (Lipinski definition) is 5. The highest BCUT2D eigenvalue weighted by molar-refractivity contribution is 7.92. The summed E-state index contributed by atoms with van der Waals surface area (Å²) >= 11 is 0. The first-order valence-electron chi connectivity index (χ1n) is 10.4. The van der Waals surface area contributed by atoms with E-state index < -0.39 is 33.1 Å². The molecule has 7 nitrogen and oxygen atoms in total. The molecule has 8 heteroatoms. The van der Waals surface area contributed by atoms with E-state index in [1.807, 2.05) is 36.4 Å². The predicted molar refractivity (Wildman–Crippen MR) is 113 cm³/mol. The van der Waals surface area contributed by atoms with Gasteiger partial charge in [0.1, 0.15) is 6.61 Å². The summed E-state index contributed by atoms with van der Waals surface area (Å²) in [5.41, 5.74) is 4.49. The Balaban J connectivity index is 1.30. The number of carboxylic acid groups (broad SMARTS) is 1. The van der Waals surface area contributed by atoms with Crippen LogP contribution in [-0.2, 0) is 19.4 Å². The number of rotatable bonds is 4. The summed E-state index contributed by atoms with van der Waals surface area (Å²) in [6, 6.07) is 16.1. The van der Waals surface area contributed by atoms with Crippen molar-refractivity contribution < 1.29 is 27.9 Å². The van der Waals surface area contributed by atoms with Crippen molar-refractivity contribution in [2.24, 2.45) is 11.8 Å². The van der Waals surface area contributed by atoms with Gasteiger partial charge in [-0.2, -0.15) is 0 Å². The Morgan fingerprint density at radius 2 is 1.61 bits per heavy atom. The van der Waals surface area contributed by atoms with Gasteiger partial charge in [-0.25, -0.2) is 13.2 Å². The van der Waals surface area contributed by atoms with E-state index in [0.717, 1.165) is 22.3 Å². The lowest BCUT2D eigenvalue weighted by atomic mass is 9.91. The minimum Gasteiger partial charge on any atom is -0.481 e. The molecule has 3 aliphatic rings. The SMILES string of the molecule is O=C(O)C[C@@H]1CS(=O)(=O)[C@@H]2CN(C(=O)OCC3c4ccccc4-c4ccccc43)C[C@H]12. The van der Waals surface area contributed by atoms with Gasteiger partial charge in [-0.15, -0.1) is 0 Å². The first kappa shape index (κ1) is 20.1. The molecule has 0 unspecified atom stereocenters. The Hall–Kier alpha value is -2.87. The van der Waals surface area contributed by atoms with Crippen LogP contribution in [0.5, 0.6) is 0 Å². The van der Waals surface area contributed by atoms with Gasteiger partial charge in [0.05, 0.1) is 11.0 Å². The second-order valence-corrected chi connectivity index (χ2v) is 10.9. The number of ether oxygens (including phenoxy) is 1. The smallest absolute Gasteiger partial charge is 0.409 e. The summed E-state index contributed by atoms with van der Waals surface area (Å²) in [6.45, 7) is 0.461. The van der Waals surface area contributed by atoms with Crippen LogP contribution < -0.4 is 0 Å². The van der Waals surface area contributed by atoms with Crippen molar-refractivity contribution in [2.45, 2.75) is 17.6 Å². The zero-order valence-corrected chi connectivity index (χ0v) is 17.6. The standard InChI is InChI=1S/C23H23NO6S/c25-22(26)9-14-13-31(28,29)21-11-24(10-19(14)21)23(27)30-12-20-17-7-3-1-5-15(17)16-6-2-4-8-18(16)20/h1-8,14,19-21H,9-13H2,(H,25,26)/t14-,19-,21-/m1/s1. The van der Waals surface area contributed by atoms with Gasteiger partial charge in [0, 0.05) is 25.4 Å². The highest BCUT2D eigenvalue weighted by atomic mass is 32.2. The summed E-state index contributed by atoms with van der Waals surface area (Å²) in [4.78, 5) is 25.3. The number of hydrogen-bond donors (Lipinski definition) is 1. The van der Waals surface area contributed by atoms with E-state index in [-0.39, 0.29) is 43.7 Å². The van der Waals surface area contributed by atoms with Gasteiger partial charge >= 0.3 is 12.1 Å². The maximum absolute atomic E-state index is 12.8. The van der Waals surface area contributed by atoms with Crippen LogP contribution in [0, 0.1) is 11.8 Å². The van der Waals surface area contributed by atoms with Crippen molar-refractivity contribution in [3.63, 3.8) is 0 Å². The van der Waals surface area contributed by atoms with Crippen molar-refractivity contribution >= 4 is 21.9 Å². The Morgan fingerprint density at radius 3 is 2.23 bits per heavy atom. The first-order chi connectivity index (χ1) is 14.8. The fourth-order valence-electron chi connectivity index (χ4n) is 5.45. The molecule has 0 bridgehead atoms. The molecule has 1 N–H and O–H groups in total. The number of amides is 1. The van der Waals surface area contributed by atoms with Crippen LogP contribution in [0.4, 0.5) is 4.79 Å². The maximum Gasteiger partial charge on any atom is 0.409 e. The second kappa shape index (κ2) is 7.37. The summed E-state index contributed by atoms with van der Waals surface area (Å²) in [5.74, 6) is -2.00. The number of likely N-dealkylation sites (tertiary alicyclic amines) is 1. The van der Waals surface area contributed by atoms with E-state index in [4.69, 9.17) is 9.84 Å². The van der Waals surface area contributed by atoms with Crippen LogP contribution >= 0.6 is 0 Å². The number of nitrogens with zero attached hydrogens (tertiary/aromatic N) is 1. The fraction of sp³-hybridized carbons (Fsp3) is 0.391. The van der Waals surface area contributed by atoms with E-state index in [9.17, 15) is 18.0 Å². The van der Waals surface area contributed by atoms with Gasteiger partial charge in [0.15, 0.2) is 9.84 Å². The third kappa shape index (κ3) is 3.39. The van der Waals surface area contributed by atoms with Crippen LogP contribution in [0.3, 0.4) is 0 Å². The van der Waals surface area contributed by atoms with Crippen LogP contribution in [0.1, 0.15) is 23.5 Å². The molecule has 162 valence electrons. The molecule has 1 aliphatic carbocycles. The lowest BCUT2D eigenvalue weighted by Gasteiger charge is -2.21. The predicted octanol–water partition coefficient (Wildman–Crippen LogP) is 2.76. The second-order valence-electron chi connectivity index (χ2n) is 8.60. The first-order valence-corrected chi connectivity index (χ1v) is 12.1. The Morgan fingerprint density at radius 1 is 1.00 bits per heavy atom. The molecule has 0 aromatic heterocycles. The molecular weight excluding hydrogens is 418 g/mol. The van der Waals surface area contributed by atoms with Gasteiger partial charge in [0.2, 0.25) is 0 Å². The minimum atomic E-state index is -3.41. The molecule has 2 heterocycles. The molecule has 2 saturated heterocycles. The summed E-state index contributed by atoms with van der Waals surface area (Å²) in [5, 5.41) is 8.41. The zero-order valence-electron chi connectivity index (χ0n) is 16.8. The molecule has 5 rings (SSSR count). The highest BCUT2D eigenvalue weighted by Gasteiger charge is 2.53. The Bertz CT molecular complexity index is 1110. The number of carboxylic acids is 1. The molecule has 0 radical (unpaired) electrons. The van der Waals surface area contributed by atoms with E-state index in [1.54, 1.807) is 0 Å². The normalized spacial score (nSPS) is 25.7. The molecule has 2 aromatic rings. The van der Waals surface area contributed by atoms with Crippen LogP contribution in [-0.4, -0.2) is 61.2 Å². The number of sulfone groups is 1. The third-order valence-electron chi connectivity index (χ3n) is 6.85. The molecule has 2 aliphatic heterocycles. The third-order valence-corrected chi connectivity index (χ3v) is 9.17. The minimum absolute atomic E-state index is 0.0676. The topological polar surface area (TPSA) is 101 Å². The maximum atomic E-state index is 12.8. The molecule has 0 spiro atoms.